The van der Waals surface area contributed by atoms with Crippen molar-refractivity contribution in [2.24, 2.45) is 5.92 Å². The van der Waals surface area contributed by atoms with Gasteiger partial charge in [0.25, 0.3) is 0 Å². The summed E-state index contributed by atoms with van der Waals surface area (Å²) in [6, 6.07) is 12.2. The Kier molecular flexibility index (Phi) is 4.23. The minimum atomic E-state index is 0.235. The molecule has 0 radical (unpaired) electrons. The second-order valence-electron chi connectivity index (χ2n) is 5.84. The highest BCUT2D eigenvalue weighted by Gasteiger charge is 2.25. The zero-order valence-corrected chi connectivity index (χ0v) is 12.7. The molecule has 1 saturated heterocycles. The highest BCUT2D eigenvalue weighted by molar-refractivity contribution is 5.43. The van der Waals surface area contributed by atoms with Crippen LogP contribution in [-0.4, -0.2) is 39.5 Å². The topological polar surface area (TPSA) is 65.1 Å². The molecule has 0 amide bonds. The van der Waals surface area contributed by atoms with E-state index >= 15 is 0 Å². The Morgan fingerprint density at radius 3 is 2.77 bits per heavy atom. The Morgan fingerprint density at radius 2 is 2.14 bits per heavy atom. The van der Waals surface area contributed by atoms with Gasteiger partial charge in [-0.05, 0) is 37.9 Å². The molecule has 1 atom stereocenters. The lowest BCUT2D eigenvalue weighted by Gasteiger charge is -2.17. The van der Waals surface area contributed by atoms with E-state index in [0.717, 1.165) is 36.6 Å². The molecule has 0 bridgehead atoms. The normalized spacial score (nSPS) is 18.5. The second kappa shape index (κ2) is 6.30. The number of hydrogen-bond acceptors (Lipinski definition) is 4. The molecule has 5 nitrogen and oxygen atoms in total. The average molecular weight is 296 g/mol. The smallest absolute Gasteiger partial charge is 0.103 e. The first-order valence-electron chi connectivity index (χ1n) is 7.60. The molecule has 1 unspecified atom stereocenters. The van der Waals surface area contributed by atoms with E-state index in [0.29, 0.717) is 18.0 Å². The van der Waals surface area contributed by atoms with Crippen molar-refractivity contribution in [2.75, 3.05) is 19.7 Å². The molecule has 1 aliphatic rings. The zero-order chi connectivity index (χ0) is 15.5. The molecule has 1 aliphatic heterocycles. The predicted molar refractivity (Wildman–Crippen MR) is 83.5 cm³/mol. The van der Waals surface area contributed by atoms with Crippen LogP contribution in [0.1, 0.15) is 23.4 Å². The van der Waals surface area contributed by atoms with E-state index < -0.39 is 0 Å². The Bertz CT molecular complexity index is 687. The zero-order valence-electron chi connectivity index (χ0n) is 12.7. The van der Waals surface area contributed by atoms with Crippen LogP contribution in [0.15, 0.2) is 30.3 Å². The standard InChI is InChI=1S/C17H20N4O/c1-13-16(9-18)17(11-20-8-7-14(10-20)12-22)21(19-13)15-5-3-2-4-6-15/h2-6,14,22H,7-8,10-12H2,1H3. The summed E-state index contributed by atoms with van der Waals surface area (Å²) in [6.45, 7) is 4.63. The molecule has 2 heterocycles. The fourth-order valence-corrected chi connectivity index (χ4v) is 3.07. The van der Waals surface area contributed by atoms with Crippen molar-refractivity contribution in [3.63, 3.8) is 0 Å². The maximum atomic E-state index is 9.47. The second-order valence-corrected chi connectivity index (χ2v) is 5.84. The first-order chi connectivity index (χ1) is 10.7. The van der Waals surface area contributed by atoms with Gasteiger partial charge in [-0.2, -0.15) is 10.4 Å². The van der Waals surface area contributed by atoms with Gasteiger partial charge in [-0.1, -0.05) is 18.2 Å². The van der Waals surface area contributed by atoms with Crippen molar-refractivity contribution in [2.45, 2.75) is 19.9 Å². The van der Waals surface area contributed by atoms with E-state index in [1.165, 1.54) is 0 Å². The number of rotatable bonds is 4. The first-order valence-corrected chi connectivity index (χ1v) is 7.60. The van der Waals surface area contributed by atoms with Crippen LogP contribution in [0.2, 0.25) is 0 Å². The summed E-state index contributed by atoms with van der Waals surface area (Å²) in [7, 11) is 0. The van der Waals surface area contributed by atoms with Crippen molar-refractivity contribution >= 4 is 0 Å². The molecule has 1 fully saturated rings. The molecule has 5 heteroatoms. The molecular formula is C17H20N4O. The van der Waals surface area contributed by atoms with Gasteiger partial charge in [0.05, 0.1) is 22.6 Å². The number of aryl methyl sites for hydroxylation is 1. The number of hydrogen-bond donors (Lipinski definition) is 1. The number of aromatic nitrogens is 2. The average Bonchev–Trinajstić information content (AvgIpc) is 3.13. The maximum Gasteiger partial charge on any atom is 0.103 e. The van der Waals surface area contributed by atoms with E-state index in [-0.39, 0.29) is 6.61 Å². The number of aliphatic hydroxyl groups is 1. The Morgan fingerprint density at radius 1 is 1.36 bits per heavy atom. The molecule has 114 valence electrons. The lowest BCUT2D eigenvalue weighted by Crippen LogP contribution is -2.23. The van der Waals surface area contributed by atoms with Gasteiger partial charge < -0.3 is 5.11 Å². The molecular weight excluding hydrogens is 276 g/mol. The third-order valence-electron chi connectivity index (χ3n) is 4.27. The number of nitriles is 1. The van der Waals surface area contributed by atoms with Crippen LogP contribution < -0.4 is 0 Å². The molecule has 2 aromatic rings. The summed E-state index contributed by atoms with van der Waals surface area (Å²) in [6.07, 6.45) is 1.01. The van der Waals surface area contributed by atoms with Gasteiger partial charge in [-0.15, -0.1) is 0 Å². The fraction of sp³-hybridized carbons (Fsp3) is 0.412. The Labute approximate surface area is 130 Å². The van der Waals surface area contributed by atoms with Crippen LogP contribution in [0.3, 0.4) is 0 Å². The number of para-hydroxylation sites is 1. The molecule has 0 saturated carbocycles. The number of nitrogens with zero attached hydrogens (tertiary/aromatic N) is 4. The fourth-order valence-electron chi connectivity index (χ4n) is 3.07. The minimum Gasteiger partial charge on any atom is -0.396 e. The van der Waals surface area contributed by atoms with Gasteiger partial charge >= 0.3 is 0 Å². The van der Waals surface area contributed by atoms with Crippen LogP contribution in [0.4, 0.5) is 0 Å². The first kappa shape index (κ1) is 14.8. The number of likely N-dealkylation sites (tertiary alicyclic amines) is 1. The van der Waals surface area contributed by atoms with Gasteiger partial charge in [-0.25, -0.2) is 4.68 Å². The van der Waals surface area contributed by atoms with E-state index in [1.54, 1.807) is 0 Å². The Balaban J connectivity index is 1.94. The largest absolute Gasteiger partial charge is 0.396 e. The van der Waals surface area contributed by atoms with Gasteiger partial charge in [0.2, 0.25) is 0 Å². The molecule has 22 heavy (non-hydrogen) atoms. The number of aliphatic hydroxyl groups excluding tert-OH is 1. The molecule has 3 rings (SSSR count). The van der Waals surface area contributed by atoms with Crippen molar-refractivity contribution < 1.29 is 5.11 Å². The third-order valence-corrected chi connectivity index (χ3v) is 4.27. The van der Waals surface area contributed by atoms with E-state index in [9.17, 15) is 10.4 Å². The highest BCUT2D eigenvalue weighted by atomic mass is 16.3. The van der Waals surface area contributed by atoms with E-state index in [1.807, 2.05) is 41.9 Å². The summed E-state index contributed by atoms with van der Waals surface area (Å²) < 4.78 is 1.88. The summed E-state index contributed by atoms with van der Waals surface area (Å²) >= 11 is 0. The monoisotopic (exact) mass is 296 g/mol. The van der Waals surface area contributed by atoms with Gasteiger partial charge in [0.15, 0.2) is 0 Å². The van der Waals surface area contributed by atoms with Gasteiger partial charge in [-0.3, -0.25) is 4.90 Å². The van der Waals surface area contributed by atoms with Crippen LogP contribution in [-0.2, 0) is 6.54 Å². The molecule has 1 aromatic heterocycles. The highest BCUT2D eigenvalue weighted by Crippen LogP contribution is 2.23. The molecule has 0 aliphatic carbocycles. The minimum absolute atomic E-state index is 0.235. The maximum absolute atomic E-state index is 9.47. The third kappa shape index (κ3) is 2.76. The predicted octanol–water partition coefficient (Wildman–Crippen LogP) is 1.87. The lowest BCUT2D eigenvalue weighted by molar-refractivity contribution is 0.219. The van der Waals surface area contributed by atoms with E-state index in [2.05, 4.69) is 16.1 Å². The molecule has 1 aromatic carbocycles. The SMILES string of the molecule is Cc1nn(-c2ccccc2)c(CN2CCC(CO)C2)c1C#N. The van der Waals surface area contributed by atoms with E-state index in [4.69, 9.17) is 0 Å². The summed E-state index contributed by atoms with van der Waals surface area (Å²) in [5.74, 6) is 0.347. The quantitative estimate of drug-likeness (QED) is 0.935. The Hall–Kier alpha value is -2.16. The van der Waals surface area contributed by atoms with Crippen molar-refractivity contribution in [3.05, 3.63) is 47.3 Å². The summed E-state index contributed by atoms with van der Waals surface area (Å²) in [4.78, 5) is 2.29. The molecule has 1 N–H and O–H groups in total. The van der Waals surface area contributed by atoms with Crippen molar-refractivity contribution in [3.8, 4) is 11.8 Å². The van der Waals surface area contributed by atoms with Crippen LogP contribution >= 0.6 is 0 Å². The summed E-state index contributed by atoms with van der Waals surface area (Å²) in [5, 5.41) is 23.3. The van der Waals surface area contributed by atoms with Crippen LogP contribution in [0.5, 0.6) is 0 Å². The number of benzene rings is 1. The van der Waals surface area contributed by atoms with Gasteiger partial charge in [0, 0.05) is 19.7 Å². The van der Waals surface area contributed by atoms with Crippen LogP contribution in [0.25, 0.3) is 5.69 Å². The molecule has 0 spiro atoms. The van der Waals surface area contributed by atoms with Crippen LogP contribution in [0, 0.1) is 24.2 Å². The van der Waals surface area contributed by atoms with Crippen molar-refractivity contribution in [1.82, 2.24) is 14.7 Å². The lowest BCUT2D eigenvalue weighted by atomic mass is 10.1. The summed E-state index contributed by atoms with van der Waals surface area (Å²) in [5.41, 5.74) is 3.33. The van der Waals surface area contributed by atoms with Crippen molar-refractivity contribution in [1.29, 1.82) is 5.26 Å². The van der Waals surface area contributed by atoms with Gasteiger partial charge in [0.1, 0.15) is 6.07 Å².